The molecule has 0 aromatic rings. The van der Waals surface area contributed by atoms with E-state index in [1.54, 1.807) is 0 Å². The maximum Gasteiger partial charge on any atom is 0.508 e. The molecule has 0 aliphatic heterocycles. The van der Waals surface area contributed by atoms with Gasteiger partial charge in [-0.05, 0) is 6.42 Å². The van der Waals surface area contributed by atoms with Gasteiger partial charge in [0, 0.05) is 6.54 Å². The molecule has 0 aliphatic rings. The molecule has 0 fully saturated rings. The SMILES string of the molecule is CCCCOC(=O)OCCN. The van der Waals surface area contributed by atoms with E-state index in [2.05, 4.69) is 9.47 Å². The number of carbonyl (C=O) groups is 1. The van der Waals surface area contributed by atoms with Crippen molar-refractivity contribution < 1.29 is 14.3 Å². The van der Waals surface area contributed by atoms with Crippen LogP contribution in [0, 0.1) is 0 Å². The predicted molar refractivity (Wildman–Crippen MR) is 41.3 cm³/mol. The Balaban J connectivity index is 3.09. The lowest BCUT2D eigenvalue weighted by Crippen LogP contribution is -2.14. The maximum absolute atomic E-state index is 10.6. The van der Waals surface area contributed by atoms with Gasteiger partial charge in [0.1, 0.15) is 6.61 Å². The number of hydrogen-bond acceptors (Lipinski definition) is 4. The smallest absolute Gasteiger partial charge is 0.434 e. The molecule has 0 atom stereocenters. The number of ether oxygens (including phenoxy) is 2. The molecule has 0 aromatic heterocycles. The van der Waals surface area contributed by atoms with E-state index in [1.165, 1.54) is 0 Å². The number of carbonyl (C=O) groups excluding carboxylic acids is 1. The minimum Gasteiger partial charge on any atom is -0.434 e. The van der Waals surface area contributed by atoms with Crippen LogP contribution >= 0.6 is 0 Å². The zero-order chi connectivity index (χ0) is 8.53. The monoisotopic (exact) mass is 161 g/mol. The van der Waals surface area contributed by atoms with Gasteiger partial charge < -0.3 is 15.2 Å². The first-order chi connectivity index (χ1) is 5.31. The fourth-order valence-corrected chi connectivity index (χ4v) is 0.484. The molecule has 0 aliphatic carbocycles. The Bertz CT molecular complexity index is 106. The van der Waals surface area contributed by atoms with Crippen molar-refractivity contribution in [2.24, 2.45) is 5.73 Å². The quantitative estimate of drug-likeness (QED) is 0.480. The summed E-state index contributed by atoms with van der Waals surface area (Å²) in [6, 6.07) is 0. The third-order valence-corrected chi connectivity index (χ3v) is 1.06. The number of nitrogens with two attached hydrogens (primary N) is 1. The van der Waals surface area contributed by atoms with E-state index >= 15 is 0 Å². The van der Waals surface area contributed by atoms with Crippen LogP contribution in [0.2, 0.25) is 0 Å². The molecule has 11 heavy (non-hydrogen) atoms. The first kappa shape index (κ1) is 10.2. The molecular weight excluding hydrogens is 146 g/mol. The first-order valence-corrected chi connectivity index (χ1v) is 3.81. The summed E-state index contributed by atoms with van der Waals surface area (Å²) in [5.74, 6) is 0. The number of rotatable bonds is 5. The molecule has 0 heterocycles. The zero-order valence-corrected chi connectivity index (χ0v) is 6.84. The van der Waals surface area contributed by atoms with Crippen LogP contribution in [0.15, 0.2) is 0 Å². The Labute approximate surface area is 66.7 Å². The fraction of sp³-hybridized carbons (Fsp3) is 0.857. The molecule has 4 nitrogen and oxygen atoms in total. The zero-order valence-electron chi connectivity index (χ0n) is 6.84. The highest BCUT2D eigenvalue weighted by atomic mass is 16.7. The molecule has 0 spiro atoms. The van der Waals surface area contributed by atoms with Crippen molar-refractivity contribution in [3.63, 3.8) is 0 Å². The molecule has 0 bridgehead atoms. The summed E-state index contributed by atoms with van der Waals surface area (Å²) in [4.78, 5) is 10.6. The number of unbranched alkanes of at least 4 members (excludes halogenated alkanes) is 1. The summed E-state index contributed by atoms with van der Waals surface area (Å²) >= 11 is 0. The molecule has 0 aromatic carbocycles. The predicted octanol–water partition coefficient (Wildman–Crippen LogP) is 0.898. The van der Waals surface area contributed by atoms with Crippen molar-refractivity contribution in [3.8, 4) is 0 Å². The van der Waals surface area contributed by atoms with E-state index < -0.39 is 6.16 Å². The second kappa shape index (κ2) is 7.34. The molecule has 0 rings (SSSR count). The lowest BCUT2D eigenvalue weighted by atomic mass is 10.4. The summed E-state index contributed by atoms with van der Waals surface area (Å²) < 4.78 is 9.22. The van der Waals surface area contributed by atoms with Crippen LogP contribution in [0.1, 0.15) is 19.8 Å². The van der Waals surface area contributed by atoms with Crippen LogP contribution in [0.3, 0.4) is 0 Å². The van der Waals surface area contributed by atoms with Crippen molar-refractivity contribution in [2.45, 2.75) is 19.8 Å². The summed E-state index contributed by atoms with van der Waals surface area (Å²) in [5, 5.41) is 0. The molecule has 0 saturated carbocycles. The maximum atomic E-state index is 10.6. The van der Waals surface area contributed by atoms with Crippen molar-refractivity contribution >= 4 is 6.16 Å². The van der Waals surface area contributed by atoms with Crippen LogP contribution in [0.25, 0.3) is 0 Å². The molecule has 4 heteroatoms. The van der Waals surface area contributed by atoms with Gasteiger partial charge in [0.15, 0.2) is 0 Å². The Morgan fingerprint density at radius 3 is 2.55 bits per heavy atom. The van der Waals surface area contributed by atoms with Gasteiger partial charge in [0.05, 0.1) is 6.61 Å². The third-order valence-electron chi connectivity index (χ3n) is 1.06. The van der Waals surface area contributed by atoms with E-state index in [9.17, 15) is 4.79 Å². The Morgan fingerprint density at radius 2 is 2.00 bits per heavy atom. The van der Waals surface area contributed by atoms with Gasteiger partial charge in [-0.25, -0.2) is 4.79 Å². The molecule has 0 amide bonds. The van der Waals surface area contributed by atoms with Crippen LogP contribution in [0.4, 0.5) is 4.79 Å². The summed E-state index contributed by atoms with van der Waals surface area (Å²) in [7, 11) is 0. The van der Waals surface area contributed by atoms with Gasteiger partial charge in [-0.1, -0.05) is 13.3 Å². The van der Waals surface area contributed by atoms with Crippen molar-refractivity contribution in [2.75, 3.05) is 19.8 Å². The van der Waals surface area contributed by atoms with E-state index in [-0.39, 0.29) is 6.61 Å². The lowest BCUT2D eigenvalue weighted by molar-refractivity contribution is 0.0565. The third kappa shape index (κ3) is 7.12. The second-order valence-electron chi connectivity index (χ2n) is 2.09. The summed E-state index contributed by atoms with van der Waals surface area (Å²) in [6.07, 6.45) is 1.26. The minimum atomic E-state index is -0.621. The topological polar surface area (TPSA) is 61.5 Å². The van der Waals surface area contributed by atoms with Crippen LogP contribution in [-0.2, 0) is 9.47 Å². The Morgan fingerprint density at radius 1 is 1.36 bits per heavy atom. The fourth-order valence-electron chi connectivity index (χ4n) is 0.484. The van der Waals surface area contributed by atoms with Gasteiger partial charge in [0.25, 0.3) is 0 Å². The number of hydrogen-bond donors (Lipinski definition) is 1. The van der Waals surface area contributed by atoms with Gasteiger partial charge in [-0.3, -0.25) is 0 Å². The molecular formula is C7H15NO3. The molecule has 0 unspecified atom stereocenters. The highest BCUT2D eigenvalue weighted by Crippen LogP contribution is 1.90. The Kier molecular flexibility index (Phi) is 6.82. The van der Waals surface area contributed by atoms with Crippen molar-refractivity contribution in [1.82, 2.24) is 0 Å². The summed E-state index contributed by atoms with van der Waals surface area (Å²) in [5.41, 5.74) is 5.10. The first-order valence-electron chi connectivity index (χ1n) is 3.81. The van der Waals surface area contributed by atoms with Gasteiger partial charge in [0.2, 0.25) is 0 Å². The van der Waals surface area contributed by atoms with E-state index in [0.717, 1.165) is 12.8 Å². The van der Waals surface area contributed by atoms with Crippen LogP contribution in [0.5, 0.6) is 0 Å². The largest absolute Gasteiger partial charge is 0.508 e. The van der Waals surface area contributed by atoms with Gasteiger partial charge in [-0.2, -0.15) is 0 Å². The Hall–Kier alpha value is -0.770. The van der Waals surface area contributed by atoms with E-state index in [4.69, 9.17) is 5.73 Å². The second-order valence-corrected chi connectivity index (χ2v) is 2.09. The van der Waals surface area contributed by atoms with Gasteiger partial charge >= 0.3 is 6.16 Å². The normalized spacial score (nSPS) is 9.27. The molecule has 2 N–H and O–H groups in total. The van der Waals surface area contributed by atoms with Crippen molar-refractivity contribution in [1.29, 1.82) is 0 Å². The minimum absolute atomic E-state index is 0.227. The summed E-state index contributed by atoms with van der Waals surface area (Å²) in [6.45, 7) is 3.02. The average Bonchev–Trinajstić information content (AvgIpc) is 2.01. The molecule has 0 saturated heterocycles. The van der Waals surface area contributed by atoms with E-state index in [1.807, 2.05) is 6.92 Å². The van der Waals surface area contributed by atoms with Crippen LogP contribution < -0.4 is 5.73 Å². The average molecular weight is 161 g/mol. The molecule has 0 radical (unpaired) electrons. The lowest BCUT2D eigenvalue weighted by Gasteiger charge is -2.03. The standard InChI is InChI=1S/C7H15NO3/c1-2-3-5-10-7(9)11-6-4-8/h2-6,8H2,1H3. The van der Waals surface area contributed by atoms with Crippen molar-refractivity contribution in [3.05, 3.63) is 0 Å². The van der Waals surface area contributed by atoms with Crippen LogP contribution in [-0.4, -0.2) is 25.9 Å². The van der Waals surface area contributed by atoms with E-state index in [0.29, 0.717) is 13.2 Å². The highest BCUT2D eigenvalue weighted by molar-refractivity contribution is 5.59. The highest BCUT2D eigenvalue weighted by Gasteiger charge is 2.00. The van der Waals surface area contributed by atoms with Gasteiger partial charge in [-0.15, -0.1) is 0 Å². The molecule has 66 valence electrons.